The van der Waals surface area contributed by atoms with E-state index in [1.54, 1.807) is 18.5 Å². The van der Waals surface area contributed by atoms with E-state index >= 15 is 0 Å². The van der Waals surface area contributed by atoms with Crippen molar-refractivity contribution in [3.05, 3.63) is 30.6 Å². The van der Waals surface area contributed by atoms with E-state index in [0.29, 0.717) is 18.8 Å². The summed E-state index contributed by atoms with van der Waals surface area (Å²) in [7, 11) is 0. The van der Waals surface area contributed by atoms with Crippen LogP contribution >= 0.6 is 0 Å². The molecule has 0 saturated carbocycles. The summed E-state index contributed by atoms with van der Waals surface area (Å²) < 4.78 is 0. The fourth-order valence-electron chi connectivity index (χ4n) is 2.42. The number of hydrogen-bond donors (Lipinski definition) is 2. The third-order valence-corrected chi connectivity index (χ3v) is 3.57. The number of fused-ring (bicyclic) bond motifs is 1. The number of hydrogen-bond acceptors (Lipinski definition) is 4. The van der Waals surface area contributed by atoms with Crippen molar-refractivity contribution in [2.24, 2.45) is 5.92 Å². The van der Waals surface area contributed by atoms with Gasteiger partial charge in [0.2, 0.25) is 5.91 Å². The Kier molecular flexibility index (Phi) is 3.39. The summed E-state index contributed by atoms with van der Waals surface area (Å²) in [6.45, 7) is 0.624. The van der Waals surface area contributed by atoms with Gasteiger partial charge in [0.25, 0.3) is 0 Å². The molecule has 7 heteroatoms. The summed E-state index contributed by atoms with van der Waals surface area (Å²) in [5.41, 5.74) is 0.758. The molecule has 1 atom stereocenters. The molecule has 1 saturated heterocycles. The third kappa shape index (κ3) is 2.76. The monoisotopic (exact) mass is 286 g/mol. The zero-order chi connectivity index (χ0) is 14.8. The number of pyridine rings is 2. The summed E-state index contributed by atoms with van der Waals surface area (Å²) in [4.78, 5) is 32.5. The van der Waals surface area contributed by atoms with Gasteiger partial charge in [0.05, 0.1) is 17.6 Å². The molecular weight excluding hydrogens is 272 g/mol. The van der Waals surface area contributed by atoms with Crippen molar-refractivity contribution in [1.82, 2.24) is 14.9 Å². The zero-order valence-electron chi connectivity index (χ0n) is 11.2. The number of carboxylic acid groups (broad SMARTS) is 1. The predicted octanol–water partition coefficient (Wildman–Crippen LogP) is 1.57. The topological polar surface area (TPSA) is 95.4 Å². The maximum Gasteiger partial charge on any atom is 0.407 e. The highest BCUT2D eigenvalue weighted by molar-refractivity contribution is 5.94. The van der Waals surface area contributed by atoms with E-state index in [0.717, 1.165) is 10.9 Å². The largest absolute Gasteiger partial charge is 0.465 e. The Morgan fingerprint density at radius 1 is 1.38 bits per heavy atom. The van der Waals surface area contributed by atoms with Gasteiger partial charge in [0, 0.05) is 24.7 Å². The van der Waals surface area contributed by atoms with Crippen molar-refractivity contribution < 1.29 is 14.7 Å². The molecule has 0 unspecified atom stereocenters. The highest BCUT2D eigenvalue weighted by atomic mass is 16.4. The van der Waals surface area contributed by atoms with Gasteiger partial charge in [0.1, 0.15) is 5.82 Å². The molecule has 108 valence electrons. The third-order valence-electron chi connectivity index (χ3n) is 3.57. The molecule has 7 nitrogen and oxygen atoms in total. The van der Waals surface area contributed by atoms with Gasteiger partial charge < -0.3 is 15.3 Å². The van der Waals surface area contributed by atoms with Crippen molar-refractivity contribution in [2.45, 2.75) is 6.42 Å². The SMILES string of the molecule is O=C(Nc1cc2cccnc2cn1)[C@H]1CCN(C(=O)O)C1. The molecule has 0 spiro atoms. The molecule has 2 aromatic rings. The first kappa shape index (κ1) is 13.3. The van der Waals surface area contributed by atoms with Gasteiger partial charge in [0.15, 0.2) is 0 Å². The lowest BCUT2D eigenvalue weighted by molar-refractivity contribution is -0.119. The molecule has 0 radical (unpaired) electrons. The minimum Gasteiger partial charge on any atom is -0.465 e. The molecule has 1 aliphatic heterocycles. The number of likely N-dealkylation sites (tertiary alicyclic amines) is 1. The number of carbonyl (C=O) groups is 2. The summed E-state index contributed by atoms with van der Waals surface area (Å²) in [6.07, 6.45) is 2.83. The van der Waals surface area contributed by atoms with E-state index in [1.807, 2.05) is 12.1 Å². The van der Waals surface area contributed by atoms with Crippen LogP contribution in [0.5, 0.6) is 0 Å². The number of nitrogens with one attached hydrogen (secondary N) is 1. The molecule has 21 heavy (non-hydrogen) atoms. The molecule has 3 rings (SSSR count). The molecule has 0 aliphatic carbocycles. The van der Waals surface area contributed by atoms with Crippen LogP contribution in [0.4, 0.5) is 10.6 Å². The first-order valence-electron chi connectivity index (χ1n) is 6.63. The fourth-order valence-corrected chi connectivity index (χ4v) is 2.42. The fraction of sp³-hybridized carbons (Fsp3) is 0.286. The highest BCUT2D eigenvalue weighted by Gasteiger charge is 2.31. The molecular formula is C14H14N4O3. The average Bonchev–Trinajstić information content (AvgIpc) is 2.97. The van der Waals surface area contributed by atoms with Crippen LogP contribution in [0.15, 0.2) is 30.6 Å². The molecule has 2 N–H and O–H groups in total. The van der Waals surface area contributed by atoms with Gasteiger partial charge in [-0.3, -0.25) is 9.78 Å². The molecule has 1 fully saturated rings. The molecule has 0 aromatic carbocycles. The summed E-state index contributed by atoms with van der Waals surface area (Å²) >= 11 is 0. The quantitative estimate of drug-likeness (QED) is 0.873. The second kappa shape index (κ2) is 5.35. The Bertz CT molecular complexity index is 703. The van der Waals surface area contributed by atoms with E-state index < -0.39 is 6.09 Å². The van der Waals surface area contributed by atoms with Crippen molar-refractivity contribution in [1.29, 1.82) is 0 Å². The normalized spacial score (nSPS) is 17.9. The molecule has 3 heterocycles. The van der Waals surface area contributed by atoms with Gasteiger partial charge >= 0.3 is 6.09 Å². The number of anilines is 1. The Balaban J connectivity index is 1.70. The maximum absolute atomic E-state index is 12.1. The van der Waals surface area contributed by atoms with E-state index in [4.69, 9.17) is 5.11 Å². The lowest BCUT2D eigenvalue weighted by atomic mass is 10.1. The van der Waals surface area contributed by atoms with Crippen LogP contribution in [0.3, 0.4) is 0 Å². The lowest BCUT2D eigenvalue weighted by Crippen LogP contribution is -2.30. The van der Waals surface area contributed by atoms with E-state index in [1.165, 1.54) is 4.90 Å². The summed E-state index contributed by atoms with van der Waals surface area (Å²) in [6, 6.07) is 5.46. The molecule has 0 bridgehead atoms. The lowest BCUT2D eigenvalue weighted by Gasteiger charge is -2.12. The van der Waals surface area contributed by atoms with Crippen LogP contribution in [0.2, 0.25) is 0 Å². The minimum absolute atomic E-state index is 0.200. The van der Waals surface area contributed by atoms with E-state index in [9.17, 15) is 9.59 Å². The van der Waals surface area contributed by atoms with Crippen molar-refractivity contribution >= 4 is 28.7 Å². The van der Waals surface area contributed by atoms with Crippen LogP contribution in [-0.2, 0) is 4.79 Å². The summed E-state index contributed by atoms with van der Waals surface area (Å²) in [5, 5.41) is 12.5. The Hall–Kier alpha value is -2.70. The van der Waals surface area contributed by atoms with Crippen LogP contribution in [0, 0.1) is 5.92 Å². The van der Waals surface area contributed by atoms with Crippen molar-refractivity contribution in [2.75, 3.05) is 18.4 Å². The van der Waals surface area contributed by atoms with E-state index in [-0.39, 0.29) is 18.4 Å². The van der Waals surface area contributed by atoms with Gasteiger partial charge in [-0.15, -0.1) is 0 Å². The maximum atomic E-state index is 12.1. The van der Waals surface area contributed by atoms with Gasteiger partial charge in [-0.1, -0.05) is 6.07 Å². The van der Waals surface area contributed by atoms with Crippen LogP contribution in [0.25, 0.3) is 10.9 Å². The molecule has 2 aromatic heterocycles. The van der Waals surface area contributed by atoms with Crippen LogP contribution in [0.1, 0.15) is 6.42 Å². The zero-order valence-corrected chi connectivity index (χ0v) is 11.2. The van der Waals surface area contributed by atoms with Gasteiger partial charge in [-0.05, 0) is 18.6 Å². The number of carbonyl (C=O) groups excluding carboxylic acids is 1. The average molecular weight is 286 g/mol. The van der Waals surface area contributed by atoms with Gasteiger partial charge in [-0.2, -0.15) is 0 Å². The number of nitrogens with zero attached hydrogens (tertiary/aromatic N) is 3. The standard InChI is InChI=1S/C14H14N4O3/c19-13(10-3-5-18(8-10)14(20)21)17-12-6-9-2-1-4-15-11(9)7-16-12/h1-2,4,6-7,10H,3,5,8H2,(H,20,21)(H,16,17,19)/t10-/m0/s1. The Labute approximate surface area is 120 Å². The van der Waals surface area contributed by atoms with Crippen molar-refractivity contribution in [3.8, 4) is 0 Å². The summed E-state index contributed by atoms with van der Waals surface area (Å²) in [5.74, 6) is -0.0729. The van der Waals surface area contributed by atoms with Crippen molar-refractivity contribution in [3.63, 3.8) is 0 Å². The minimum atomic E-state index is -0.986. The van der Waals surface area contributed by atoms with Crippen LogP contribution < -0.4 is 5.32 Å². The first-order chi connectivity index (χ1) is 10.1. The van der Waals surface area contributed by atoms with Crippen LogP contribution in [-0.4, -0.2) is 45.1 Å². The first-order valence-corrected chi connectivity index (χ1v) is 6.63. The van der Waals surface area contributed by atoms with E-state index in [2.05, 4.69) is 15.3 Å². The molecule has 1 aliphatic rings. The number of aromatic nitrogens is 2. The highest BCUT2D eigenvalue weighted by Crippen LogP contribution is 2.19. The Morgan fingerprint density at radius 2 is 2.24 bits per heavy atom. The smallest absolute Gasteiger partial charge is 0.407 e. The number of rotatable bonds is 2. The second-order valence-corrected chi connectivity index (χ2v) is 4.97. The second-order valence-electron chi connectivity index (χ2n) is 4.97. The van der Waals surface area contributed by atoms with Gasteiger partial charge in [-0.25, -0.2) is 9.78 Å². The Morgan fingerprint density at radius 3 is 3.00 bits per heavy atom. The predicted molar refractivity (Wildman–Crippen MR) is 75.9 cm³/mol. The number of amides is 2. The molecule has 2 amide bonds.